The van der Waals surface area contributed by atoms with Crippen molar-refractivity contribution in [2.24, 2.45) is 7.05 Å². The number of aryl methyl sites for hydroxylation is 1. The van der Waals surface area contributed by atoms with Crippen molar-refractivity contribution in [3.63, 3.8) is 0 Å². The van der Waals surface area contributed by atoms with Gasteiger partial charge in [0.15, 0.2) is 0 Å². The molecule has 5 heteroatoms. The van der Waals surface area contributed by atoms with E-state index in [1.54, 1.807) is 17.8 Å². The van der Waals surface area contributed by atoms with Crippen LogP contribution in [0.1, 0.15) is 22.2 Å². The Morgan fingerprint density at radius 3 is 2.86 bits per heavy atom. The third-order valence-electron chi connectivity index (χ3n) is 1.98. The highest BCUT2D eigenvalue weighted by Gasteiger charge is 2.15. The average Bonchev–Trinajstić information content (AvgIpc) is 2.58. The second-order valence-electron chi connectivity index (χ2n) is 2.96. The van der Waals surface area contributed by atoms with Crippen LogP contribution in [0.15, 0.2) is 12.3 Å². The first-order valence-electron chi connectivity index (χ1n) is 4.13. The zero-order valence-electron chi connectivity index (χ0n) is 8.10. The molecule has 2 N–H and O–H groups in total. The van der Waals surface area contributed by atoms with E-state index in [2.05, 4.69) is 4.74 Å². The number of hydrogen-bond donors (Lipinski definition) is 2. The smallest absolute Gasteiger partial charge is 0.354 e. The molecule has 1 heterocycles. The van der Waals surface area contributed by atoms with E-state index in [0.29, 0.717) is 11.3 Å². The molecule has 5 nitrogen and oxygen atoms in total. The number of carbonyl (C=O) groups is 1. The first-order valence-corrected chi connectivity index (χ1v) is 4.13. The first-order chi connectivity index (χ1) is 6.60. The minimum Gasteiger partial charge on any atom is -0.464 e. The molecule has 0 aliphatic rings. The van der Waals surface area contributed by atoms with Gasteiger partial charge in [0, 0.05) is 18.8 Å². The lowest BCUT2D eigenvalue weighted by Gasteiger charge is -2.01. The van der Waals surface area contributed by atoms with Crippen molar-refractivity contribution in [3.05, 3.63) is 23.5 Å². The monoisotopic (exact) mass is 199 g/mol. The SMILES string of the molecule is COC(=O)c1cc(C(O)CO)cn1C. The Morgan fingerprint density at radius 1 is 1.71 bits per heavy atom. The van der Waals surface area contributed by atoms with Crippen LogP contribution < -0.4 is 0 Å². The summed E-state index contributed by atoms with van der Waals surface area (Å²) in [5.41, 5.74) is 0.838. The molecule has 1 unspecified atom stereocenters. The van der Waals surface area contributed by atoms with Crippen molar-refractivity contribution in [1.82, 2.24) is 4.57 Å². The Kier molecular flexibility index (Phi) is 3.27. The summed E-state index contributed by atoms with van der Waals surface area (Å²) >= 11 is 0. The molecule has 0 fully saturated rings. The molecule has 0 spiro atoms. The van der Waals surface area contributed by atoms with Crippen LogP contribution in [0.2, 0.25) is 0 Å². The van der Waals surface area contributed by atoms with E-state index in [9.17, 15) is 9.90 Å². The van der Waals surface area contributed by atoms with Crippen LogP contribution in [0, 0.1) is 0 Å². The second-order valence-corrected chi connectivity index (χ2v) is 2.96. The lowest BCUT2D eigenvalue weighted by atomic mass is 10.2. The van der Waals surface area contributed by atoms with Gasteiger partial charge in [-0.1, -0.05) is 0 Å². The van der Waals surface area contributed by atoms with Crippen LogP contribution in [0.4, 0.5) is 0 Å². The normalized spacial score (nSPS) is 12.6. The number of ether oxygens (including phenoxy) is 1. The molecule has 0 aliphatic heterocycles. The van der Waals surface area contributed by atoms with Gasteiger partial charge in [0.1, 0.15) is 11.8 Å². The Bertz CT molecular complexity index is 332. The number of rotatable bonds is 3. The lowest BCUT2D eigenvalue weighted by Crippen LogP contribution is -2.06. The topological polar surface area (TPSA) is 71.7 Å². The summed E-state index contributed by atoms with van der Waals surface area (Å²) in [6, 6.07) is 1.49. The molecule has 0 bridgehead atoms. The third-order valence-corrected chi connectivity index (χ3v) is 1.98. The molecule has 1 aromatic rings. The molecular weight excluding hydrogens is 186 g/mol. The van der Waals surface area contributed by atoms with Gasteiger partial charge in [-0.05, 0) is 6.07 Å². The molecule has 0 amide bonds. The molecule has 0 saturated heterocycles. The fraction of sp³-hybridized carbons (Fsp3) is 0.444. The Balaban J connectivity index is 2.98. The minimum atomic E-state index is -0.959. The van der Waals surface area contributed by atoms with Gasteiger partial charge < -0.3 is 19.5 Å². The van der Waals surface area contributed by atoms with E-state index in [1.807, 2.05) is 0 Å². The maximum absolute atomic E-state index is 11.2. The molecule has 0 saturated carbocycles. The molecular formula is C9H13NO4. The lowest BCUT2D eigenvalue weighted by molar-refractivity contribution is 0.0589. The summed E-state index contributed by atoms with van der Waals surface area (Å²) in [7, 11) is 2.96. The molecule has 78 valence electrons. The van der Waals surface area contributed by atoms with E-state index in [1.165, 1.54) is 13.2 Å². The van der Waals surface area contributed by atoms with Crippen molar-refractivity contribution >= 4 is 5.97 Å². The predicted octanol–water partition coefficient (Wildman–Crippen LogP) is -0.163. The highest BCUT2D eigenvalue weighted by atomic mass is 16.5. The van der Waals surface area contributed by atoms with Crippen LogP contribution >= 0.6 is 0 Å². The van der Waals surface area contributed by atoms with Gasteiger partial charge in [0.25, 0.3) is 0 Å². The number of esters is 1. The van der Waals surface area contributed by atoms with Gasteiger partial charge in [-0.3, -0.25) is 0 Å². The molecule has 0 radical (unpaired) electrons. The van der Waals surface area contributed by atoms with Crippen LogP contribution in [0.25, 0.3) is 0 Å². The zero-order chi connectivity index (χ0) is 10.7. The molecule has 1 atom stereocenters. The maximum atomic E-state index is 11.2. The van der Waals surface area contributed by atoms with Gasteiger partial charge in [-0.25, -0.2) is 4.79 Å². The van der Waals surface area contributed by atoms with Crippen molar-refractivity contribution in [2.75, 3.05) is 13.7 Å². The van der Waals surface area contributed by atoms with Crippen LogP contribution in [0.3, 0.4) is 0 Å². The van der Waals surface area contributed by atoms with E-state index in [4.69, 9.17) is 5.11 Å². The Hall–Kier alpha value is -1.33. The summed E-state index contributed by atoms with van der Waals surface area (Å²) < 4.78 is 6.08. The highest BCUT2D eigenvalue weighted by Crippen LogP contribution is 2.15. The highest BCUT2D eigenvalue weighted by molar-refractivity contribution is 5.87. The van der Waals surface area contributed by atoms with E-state index < -0.39 is 12.1 Å². The number of aromatic nitrogens is 1. The van der Waals surface area contributed by atoms with Gasteiger partial charge in [-0.15, -0.1) is 0 Å². The summed E-state index contributed by atoms with van der Waals surface area (Å²) in [5.74, 6) is -0.469. The molecule has 1 aromatic heterocycles. The first kappa shape index (κ1) is 10.7. The minimum absolute atomic E-state index is 0.343. The summed E-state index contributed by atoms with van der Waals surface area (Å²) in [6.45, 7) is -0.370. The second kappa shape index (κ2) is 4.26. The summed E-state index contributed by atoms with van der Waals surface area (Å²) in [4.78, 5) is 11.2. The largest absolute Gasteiger partial charge is 0.464 e. The number of methoxy groups -OCH3 is 1. The maximum Gasteiger partial charge on any atom is 0.354 e. The van der Waals surface area contributed by atoms with Gasteiger partial charge in [0.2, 0.25) is 0 Å². The van der Waals surface area contributed by atoms with Crippen molar-refractivity contribution in [1.29, 1.82) is 0 Å². The standard InChI is InChI=1S/C9H13NO4/c1-10-4-6(8(12)5-11)3-7(10)9(13)14-2/h3-4,8,11-12H,5H2,1-2H3. The van der Waals surface area contributed by atoms with Crippen LogP contribution in [0.5, 0.6) is 0 Å². The van der Waals surface area contributed by atoms with Crippen molar-refractivity contribution < 1.29 is 19.7 Å². The van der Waals surface area contributed by atoms with Gasteiger partial charge in [-0.2, -0.15) is 0 Å². The van der Waals surface area contributed by atoms with Gasteiger partial charge >= 0.3 is 5.97 Å². The summed E-state index contributed by atoms with van der Waals surface area (Å²) in [5, 5.41) is 18.0. The number of hydrogen-bond acceptors (Lipinski definition) is 4. The molecule has 14 heavy (non-hydrogen) atoms. The number of carbonyl (C=O) groups excluding carboxylic acids is 1. The Labute approximate surface area is 81.5 Å². The fourth-order valence-electron chi connectivity index (χ4n) is 1.19. The van der Waals surface area contributed by atoms with E-state index in [0.717, 1.165) is 0 Å². The van der Waals surface area contributed by atoms with E-state index >= 15 is 0 Å². The van der Waals surface area contributed by atoms with E-state index in [-0.39, 0.29) is 6.61 Å². The summed E-state index contributed by atoms with van der Waals surface area (Å²) in [6.07, 6.45) is 0.618. The average molecular weight is 199 g/mol. The quantitative estimate of drug-likeness (QED) is 0.663. The zero-order valence-corrected chi connectivity index (χ0v) is 8.10. The van der Waals surface area contributed by atoms with Crippen LogP contribution in [-0.2, 0) is 11.8 Å². The Morgan fingerprint density at radius 2 is 2.36 bits per heavy atom. The fourth-order valence-corrected chi connectivity index (χ4v) is 1.19. The third kappa shape index (κ3) is 1.94. The number of aliphatic hydroxyl groups excluding tert-OH is 2. The number of aliphatic hydroxyl groups is 2. The van der Waals surface area contributed by atoms with Crippen molar-refractivity contribution in [3.8, 4) is 0 Å². The van der Waals surface area contributed by atoms with Crippen molar-refractivity contribution in [2.45, 2.75) is 6.10 Å². The number of nitrogens with zero attached hydrogens (tertiary/aromatic N) is 1. The molecule has 0 aliphatic carbocycles. The van der Waals surface area contributed by atoms with Gasteiger partial charge in [0.05, 0.1) is 13.7 Å². The van der Waals surface area contributed by atoms with Crippen LogP contribution in [-0.4, -0.2) is 34.5 Å². The molecule has 1 rings (SSSR count). The predicted molar refractivity (Wildman–Crippen MR) is 48.8 cm³/mol. The molecule has 0 aromatic carbocycles.